The van der Waals surface area contributed by atoms with Crippen LogP contribution in [0.3, 0.4) is 0 Å². The first-order chi connectivity index (χ1) is 6.08. The van der Waals surface area contributed by atoms with Crippen molar-refractivity contribution in [2.75, 3.05) is 6.61 Å². The molecule has 1 rings (SSSR count). The molecular weight excluding hydrogens is 242 g/mol. The molecule has 0 unspecified atom stereocenters. The maximum Gasteiger partial charge on any atom is 0.129 e. The van der Waals surface area contributed by atoms with Crippen LogP contribution in [0.2, 0.25) is 0 Å². The minimum Gasteiger partial charge on any atom is -0.488 e. The summed E-state index contributed by atoms with van der Waals surface area (Å²) in [7, 11) is 0. The smallest absolute Gasteiger partial charge is 0.129 e. The van der Waals surface area contributed by atoms with E-state index in [9.17, 15) is 8.78 Å². The van der Waals surface area contributed by atoms with Crippen LogP contribution < -0.4 is 4.74 Å². The van der Waals surface area contributed by atoms with E-state index >= 15 is 0 Å². The first-order valence-corrected chi connectivity index (χ1v) is 4.29. The van der Waals surface area contributed by atoms with E-state index in [1.54, 1.807) is 0 Å². The van der Waals surface area contributed by atoms with Gasteiger partial charge in [-0.1, -0.05) is 22.5 Å². The van der Waals surface area contributed by atoms with Crippen molar-refractivity contribution in [3.63, 3.8) is 0 Å². The van der Waals surface area contributed by atoms with Crippen molar-refractivity contribution in [1.29, 1.82) is 0 Å². The van der Waals surface area contributed by atoms with Gasteiger partial charge in [-0.25, -0.2) is 8.78 Å². The van der Waals surface area contributed by atoms with Crippen molar-refractivity contribution in [1.82, 2.24) is 0 Å². The maximum absolute atomic E-state index is 12.6. The number of benzene rings is 1. The SMILES string of the molecule is C=C(Br)COc1cc(F)cc(F)c1. The number of rotatable bonds is 3. The van der Waals surface area contributed by atoms with Crippen LogP contribution in [-0.2, 0) is 0 Å². The van der Waals surface area contributed by atoms with Gasteiger partial charge >= 0.3 is 0 Å². The Labute approximate surface area is 83.1 Å². The lowest BCUT2D eigenvalue weighted by atomic mass is 10.3. The third kappa shape index (κ3) is 3.55. The molecule has 1 aromatic carbocycles. The summed E-state index contributed by atoms with van der Waals surface area (Å²) in [5.74, 6) is -1.16. The summed E-state index contributed by atoms with van der Waals surface area (Å²) in [6.45, 7) is 3.70. The fourth-order valence-electron chi connectivity index (χ4n) is 0.774. The van der Waals surface area contributed by atoms with Gasteiger partial charge < -0.3 is 4.74 Å². The van der Waals surface area contributed by atoms with Gasteiger partial charge in [0.2, 0.25) is 0 Å². The minimum absolute atomic E-state index is 0.151. The Balaban J connectivity index is 2.71. The van der Waals surface area contributed by atoms with Crippen LogP contribution in [0.4, 0.5) is 8.78 Å². The third-order valence-corrected chi connectivity index (χ3v) is 1.46. The summed E-state index contributed by atoms with van der Waals surface area (Å²) in [5, 5.41) is 0. The van der Waals surface area contributed by atoms with Gasteiger partial charge in [-0.05, 0) is 0 Å². The van der Waals surface area contributed by atoms with Crippen LogP contribution in [0.1, 0.15) is 0 Å². The molecule has 0 amide bonds. The van der Waals surface area contributed by atoms with Gasteiger partial charge in [0, 0.05) is 22.7 Å². The predicted molar refractivity (Wildman–Crippen MR) is 49.9 cm³/mol. The lowest BCUT2D eigenvalue weighted by Crippen LogP contribution is -1.96. The van der Waals surface area contributed by atoms with Crippen LogP contribution in [0.25, 0.3) is 0 Å². The maximum atomic E-state index is 12.6. The van der Waals surface area contributed by atoms with Gasteiger partial charge in [0.15, 0.2) is 0 Å². The molecule has 0 aliphatic rings. The molecule has 0 N–H and O–H groups in total. The van der Waals surface area contributed by atoms with Gasteiger partial charge in [0.1, 0.15) is 24.0 Å². The highest BCUT2D eigenvalue weighted by Gasteiger charge is 2.01. The molecular formula is C9H7BrF2O. The molecule has 0 atom stereocenters. The Kier molecular flexibility index (Phi) is 3.42. The van der Waals surface area contributed by atoms with Crippen molar-refractivity contribution in [2.24, 2.45) is 0 Å². The highest BCUT2D eigenvalue weighted by molar-refractivity contribution is 9.11. The van der Waals surface area contributed by atoms with E-state index in [1.165, 1.54) is 0 Å². The van der Waals surface area contributed by atoms with Gasteiger partial charge in [0.25, 0.3) is 0 Å². The molecule has 13 heavy (non-hydrogen) atoms. The van der Waals surface area contributed by atoms with Crippen molar-refractivity contribution >= 4 is 15.9 Å². The Morgan fingerprint density at radius 1 is 1.31 bits per heavy atom. The molecule has 70 valence electrons. The normalized spacial score (nSPS) is 9.77. The fraction of sp³-hybridized carbons (Fsp3) is 0.111. The molecule has 0 fully saturated rings. The molecule has 0 bridgehead atoms. The molecule has 0 saturated carbocycles. The van der Waals surface area contributed by atoms with Gasteiger partial charge in [-0.2, -0.15) is 0 Å². The Hall–Kier alpha value is -0.900. The molecule has 0 radical (unpaired) electrons. The average molecular weight is 249 g/mol. The average Bonchev–Trinajstić information content (AvgIpc) is 1.99. The largest absolute Gasteiger partial charge is 0.488 e. The predicted octanol–water partition coefficient (Wildman–Crippen LogP) is 3.25. The zero-order chi connectivity index (χ0) is 9.84. The summed E-state index contributed by atoms with van der Waals surface area (Å²) >= 11 is 3.06. The van der Waals surface area contributed by atoms with E-state index in [4.69, 9.17) is 4.74 Å². The summed E-state index contributed by atoms with van der Waals surface area (Å²) < 4.78 is 30.8. The number of halogens is 3. The zero-order valence-corrected chi connectivity index (χ0v) is 8.27. The summed E-state index contributed by atoms with van der Waals surface area (Å²) in [4.78, 5) is 0. The zero-order valence-electron chi connectivity index (χ0n) is 6.69. The van der Waals surface area contributed by atoms with Gasteiger partial charge in [-0.3, -0.25) is 0 Å². The highest BCUT2D eigenvalue weighted by Crippen LogP contribution is 2.16. The Morgan fingerprint density at radius 3 is 2.31 bits per heavy atom. The van der Waals surface area contributed by atoms with Crippen molar-refractivity contribution in [3.05, 3.63) is 40.9 Å². The quantitative estimate of drug-likeness (QED) is 0.798. The first-order valence-electron chi connectivity index (χ1n) is 3.50. The van der Waals surface area contributed by atoms with Crippen LogP contribution >= 0.6 is 15.9 Å². The molecule has 1 aromatic rings. The molecule has 0 saturated heterocycles. The van der Waals surface area contributed by atoms with Crippen LogP contribution in [0, 0.1) is 11.6 Å². The number of hydrogen-bond acceptors (Lipinski definition) is 1. The van der Waals surface area contributed by atoms with Crippen LogP contribution in [0.5, 0.6) is 5.75 Å². The fourth-order valence-corrected chi connectivity index (χ4v) is 0.888. The summed E-state index contributed by atoms with van der Waals surface area (Å²) in [6, 6.07) is 3.01. The van der Waals surface area contributed by atoms with E-state index in [0.717, 1.165) is 18.2 Å². The molecule has 0 spiro atoms. The van der Waals surface area contributed by atoms with E-state index in [1.807, 2.05) is 0 Å². The second kappa shape index (κ2) is 4.37. The molecule has 4 heteroatoms. The monoisotopic (exact) mass is 248 g/mol. The van der Waals surface area contributed by atoms with E-state index < -0.39 is 11.6 Å². The van der Waals surface area contributed by atoms with Gasteiger partial charge in [0.05, 0.1) is 0 Å². The van der Waals surface area contributed by atoms with E-state index in [0.29, 0.717) is 4.48 Å². The lowest BCUT2D eigenvalue weighted by molar-refractivity contribution is 0.356. The Bertz CT molecular complexity index is 305. The van der Waals surface area contributed by atoms with Crippen LogP contribution in [0.15, 0.2) is 29.3 Å². The van der Waals surface area contributed by atoms with Gasteiger partial charge in [-0.15, -0.1) is 0 Å². The van der Waals surface area contributed by atoms with Crippen LogP contribution in [-0.4, -0.2) is 6.61 Å². The lowest BCUT2D eigenvalue weighted by Gasteiger charge is -2.04. The summed E-state index contributed by atoms with van der Waals surface area (Å²) in [6.07, 6.45) is 0. The first kappa shape index (κ1) is 10.2. The molecule has 0 aromatic heterocycles. The molecule has 0 aliphatic carbocycles. The second-order valence-electron chi connectivity index (χ2n) is 2.41. The third-order valence-electron chi connectivity index (χ3n) is 1.23. The highest BCUT2D eigenvalue weighted by atomic mass is 79.9. The Morgan fingerprint density at radius 2 is 1.85 bits per heavy atom. The second-order valence-corrected chi connectivity index (χ2v) is 3.53. The van der Waals surface area contributed by atoms with Crippen molar-refractivity contribution in [3.8, 4) is 5.75 Å². The number of ether oxygens (including phenoxy) is 1. The standard InChI is InChI=1S/C9H7BrF2O/c1-6(10)5-13-9-3-7(11)2-8(12)4-9/h2-4H,1,5H2. The topological polar surface area (TPSA) is 9.23 Å². The van der Waals surface area contributed by atoms with E-state index in [2.05, 4.69) is 22.5 Å². The molecule has 0 aliphatic heterocycles. The van der Waals surface area contributed by atoms with E-state index in [-0.39, 0.29) is 12.4 Å². The summed E-state index contributed by atoms with van der Waals surface area (Å²) in [5.41, 5.74) is 0. The number of hydrogen-bond donors (Lipinski definition) is 0. The molecule has 0 heterocycles. The minimum atomic E-state index is -0.657. The van der Waals surface area contributed by atoms with Crippen molar-refractivity contribution in [2.45, 2.75) is 0 Å². The molecule has 1 nitrogen and oxygen atoms in total. The van der Waals surface area contributed by atoms with Crippen molar-refractivity contribution < 1.29 is 13.5 Å².